The number of carbonyl (C=O) groups excluding carboxylic acids is 1. The first-order valence-corrected chi connectivity index (χ1v) is 7.12. The summed E-state index contributed by atoms with van der Waals surface area (Å²) in [6, 6.07) is 17.4. The second-order valence-corrected chi connectivity index (χ2v) is 5.13. The van der Waals surface area contributed by atoms with Crippen LogP contribution in [-0.4, -0.2) is 26.3 Å². The van der Waals surface area contributed by atoms with Crippen molar-refractivity contribution in [3.8, 4) is 5.75 Å². The van der Waals surface area contributed by atoms with Crippen LogP contribution in [0.2, 0.25) is 0 Å². The zero-order chi connectivity index (χ0) is 15.6. The van der Waals surface area contributed by atoms with Crippen LogP contribution < -0.4 is 4.74 Å². The minimum Gasteiger partial charge on any atom is -0.489 e. The maximum Gasteiger partial charge on any atom is 0.190 e. The summed E-state index contributed by atoms with van der Waals surface area (Å²) in [5, 5.41) is 12.4. The molecule has 0 saturated carbocycles. The molecule has 6 heteroatoms. The number of aldehydes is 1. The first-order valence-electron chi connectivity index (χ1n) is 7.12. The van der Waals surface area contributed by atoms with Crippen LogP contribution >= 0.6 is 0 Å². The van der Waals surface area contributed by atoms with Crippen LogP contribution in [0.5, 0.6) is 5.75 Å². The first-order chi connectivity index (χ1) is 11.3. The van der Waals surface area contributed by atoms with Crippen molar-refractivity contribution in [1.29, 1.82) is 0 Å². The van der Waals surface area contributed by atoms with E-state index in [4.69, 9.17) is 4.74 Å². The second-order valence-electron chi connectivity index (χ2n) is 5.13. The Morgan fingerprint density at radius 2 is 1.96 bits per heavy atom. The number of carbonyl (C=O) groups is 1. The van der Waals surface area contributed by atoms with Crippen molar-refractivity contribution < 1.29 is 9.53 Å². The fraction of sp³-hybridized carbons (Fsp3) is 0.0588. The maximum atomic E-state index is 11.2. The van der Waals surface area contributed by atoms with Gasteiger partial charge in [-0.15, -0.1) is 5.10 Å². The molecule has 0 bridgehead atoms. The maximum absolute atomic E-state index is 11.2. The molecule has 6 nitrogen and oxygen atoms in total. The quantitative estimate of drug-likeness (QED) is 0.542. The van der Waals surface area contributed by atoms with Gasteiger partial charge in [-0.3, -0.25) is 4.79 Å². The molecule has 0 N–H and O–H groups in total. The first kappa shape index (κ1) is 13.4. The van der Waals surface area contributed by atoms with Gasteiger partial charge in [0.15, 0.2) is 11.9 Å². The average Bonchev–Trinajstić information content (AvgIpc) is 3.10. The zero-order valence-corrected chi connectivity index (χ0v) is 12.1. The molecule has 0 amide bonds. The van der Waals surface area contributed by atoms with Crippen molar-refractivity contribution in [3.63, 3.8) is 0 Å². The molecule has 0 aliphatic rings. The summed E-state index contributed by atoms with van der Waals surface area (Å²) < 4.78 is 7.38. The molecule has 4 aromatic rings. The molecule has 0 unspecified atom stereocenters. The molecule has 23 heavy (non-hydrogen) atoms. The molecule has 4 rings (SSSR count). The fourth-order valence-electron chi connectivity index (χ4n) is 2.51. The van der Waals surface area contributed by atoms with Crippen LogP contribution in [0.1, 0.15) is 15.9 Å². The molecule has 0 saturated heterocycles. The largest absolute Gasteiger partial charge is 0.489 e. The number of fused-ring (bicyclic) bond motifs is 3. The van der Waals surface area contributed by atoms with Crippen molar-refractivity contribution in [2.24, 2.45) is 0 Å². The van der Waals surface area contributed by atoms with Gasteiger partial charge < -0.3 is 4.74 Å². The van der Waals surface area contributed by atoms with E-state index in [-0.39, 0.29) is 0 Å². The van der Waals surface area contributed by atoms with E-state index in [1.807, 2.05) is 48.5 Å². The number of hydrogen-bond acceptors (Lipinski definition) is 5. The molecule has 0 atom stereocenters. The Bertz CT molecular complexity index is 996. The molecule has 0 aliphatic heterocycles. The lowest BCUT2D eigenvalue weighted by Gasteiger charge is -2.08. The summed E-state index contributed by atoms with van der Waals surface area (Å²) >= 11 is 0. The van der Waals surface area contributed by atoms with E-state index in [0.717, 1.165) is 28.5 Å². The SMILES string of the molecule is O=Cc1cc2ccc(OCc3ccccc3)cc2n2nnnc12. The molecule has 2 aromatic carbocycles. The smallest absolute Gasteiger partial charge is 0.190 e. The van der Waals surface area contributed by atoms with Gasteiger partial charge in [-0.25, -0.2) is 0 Å². The lowest BCUT2D eigenvalue weighted by atomic mass is 10.1. The van der Waals surface area contributed by atoms with Crippen molar-refractivity contribution in [1.82, 2.24) is 20.0 Å². The molecule has 0 fully saturated rings. The van der Waals surface area contributed by atoms with Crippen LogP contribution in [0.3, 0.4) is 0 Å². The number of tetrazole rings is 1. The van der Waals surface area contributed by atoms with E-state index in [0.29, 0.717) is 17.8 Å². The number of benzene rings is 2. The number of nitrogens with zero attached hydrogens (tertiary/aromatic N) is 4. The highest BCUT2D eigenvalue weighted by Crippen LogP contribution is 2.23. The van der Waals surface area contributed by atoms with E-state index in [9.17, 15) is 4.79 Å². The van der Waals surface area contributed by atoms with Gasteiger partial charge in [-0.2, -0.15) is 4.52 Å². The predicted octanol–water partition coefficient (Wildman–Crippen LogP) is 2.67. The number of ether oxygens (including phenoxy) is 1. The molecule has 0 aliphatic carbocycles. The Balaban J connectivity index is 1.74. The van der Waals surface area contributed by atoms with E-state index in [1.165, 1.54) is 0 Å². The zero-order valence-electron chi connectivity index (χ0n) is 12.1. The highest BCUT2D eigenvalue weighted by atomic mass is 16.5. The van der Waals surface area contributed by atoms with Crippen molar-refractivity contribution >= 4 is 22.8 Å². The van der Waals surface area contributed by atoms with Crippen molar-refractivity contribution in [3.05, 3.63) is 65.7 Å². The van der Waals surface area contributed by atoms with Gasteiger partial charge in [0.2, 0.25) is 0 Å². The van der Waals surface area contributed by atoms with Gasteiger partial charge in [0, 0.05) is 11.5 Å². The Morgan fingerprint density at radius 3 is 2.78 bits per heavy atom. The lowest BCUT2D eigenvalue weighted by Crippen LogP contribution is -1.98. The minimum atomic E-state index is 0.438. The third-order valence-corrected chi connectivity index (χ3v) is 3.64. The molecule has 2 heterocycles. The second kappa shape index (κ2) is 5.49. The topological polar surface area (TPSA) is 69.4 Å². The Hall–Kier alpha value is -3.28. The molecular weight excluding hydrogens is 292 g/mol. The molecule has 112 valence electrons. The van der Waals surface area contributed by atoms with E-state index in [2.05, 4.69) is 15.5 Å². The summed E-state index contributed by atoms with van der Waals surface area (Å²) in [6.07, 6.45) is 0.755. The third kappa shape index (κ3) is 2.40. The Morgan fingerprint density at radius 1 is 1.09 bits per heavy atom. The van der Waals surface area contributed by atoms with Crippen molar-refractivity contribution in [2.75, 3.05) is 0 Å². The predicted molar refractivity (Wildman–Crippen MR) is 84.4 cm³/mol. The number of hydrogen-bond donors (Lipinski definition) is 0. The summed E-state index contributed by atoms with van der Waals surface area (Å²) in [4.78, 5) is 11.2. The number of pyridine rings is 1. The third-order valence-electron chi connectivity index (χ3n) is 3.64. The highest BCUT2D eigenvalue weighted by molar-refractivity contribution is 5.93. The molecule has 0 radical (unpaired) electrons. The summed E-state index contributed by atoms with van der Waals surface area (Å²) in [7, 11) is 0. The van der Waals surface area contributed by atoms with Gasteiger partial charge >= 0.3 is 0 Å². The number of aromatic nitrogens is 4. The van der Waals surface area contributed by atoms with E-state index < -0.39 is 0 Å². The summed E-state index contributed by atoms with van der Waals surface area (Å²) in [5.74, 6) is 0.719. The molecule has 0 spiro atoms. The average molecular weight is 304 g/mol. The fourth-order valence-corrected chi connectivity index (χ4v) is 2.51. The lowest BCUT2D eigenvalue weighted by molar-refractivity contribution is 0.112. The van der Waals surface area contributed by atoms with Crippen LogP contribution in [0.4, 0.5) is 0 Å². The molecule has 2 aromatic heterocycles. The normalized spacial score (nSPS) is 11.0. The van der Waals surface area contributed by atoms with Gasteiger partial charge in [0.1, 0.15) is 12.4 Å². The van der Waals surface area contributed by atoms with E-state index >= 15 is 0 Å². The summed E-state index contributed by atoms with van der Waals surface area (Å²) in [5.41, 5.74) is 2.78. The van der Waals surface area contributed by atoms with E-state index in [1.54, 1.807) is 10.6 Å². The highest BCUT2D eigenvalue weighted by Gasteiger charge is 2.10. The minimum absolute atomic E-state index is 0.438. The van der Waals surface area contributed by atoms with Crippen LogP contribution in [0, 0.1) is 0 Å². The van der Waals surface area contributed by atoms with Gasteiger partial charge in [-0.05, 0) is 34.2 Å². The standard InChI is InChI=1S/C17H12N4O2/c22-10-14-8-13-6-7-15(23-11-12-4-2-1-3-5-12)9-16(13)21-17(14)18-19-20-21/h1-10H,11H2. The Labute approximate surface area is 131 Å². The van der Waals surface area contributed by atoms with Crippen LogP contribution in [0.15, 0.2) is 54.6 Å². The Kier molecular flexibility index (Phi) is 3.20. The summed E-state index contributed by atoms with van der Waals surface area (Å²) in [6.45, 7) is 0.484. The van der Waals surface area contributed by atoms with Gasteiger partial charge in [-0.1, -0.05) is 30.3 Å². The molecular formula is C17H12N4O2. The number of rotatable bonds is 4. The monoisotopic (exact) mass is 304 g/mol. The van der Waals surface area contributed by atoms with Gasteiger partial charge in [0.25, 0.3) is 0 Å². The van der Waals surface area contributed by atoms with Crippen LogP contribution in [0.25, 0.3) is 16.6 Å². The van der Waals surface area contributed by atoms with Crippen LogP contribution in [-0.2, 0) is 6.61 Å². The van der Waals surface area contributed by atoms with Crippen molar-refractivity contribution in [2.45, 2.75) is 6.61 Å². The van der Waals surface area contributed by atoms with Gasteiger partial charge in [0.05, 0.1) is 11.1 Å².